The minimum atomic E-state index is -0.418. The number of esters is 1. The highest BCUT2D eigenvalue weighted by Gasteiger charge is 2.05. The van der Waals surface area contributed by atoms with Gasteiger partial charge >= 0.3 is 5.97 Å². The first-order valence-corrected chi connectivity index (χ1v) is 5.37. The maximum absolute atomic E-state index is 12.6. The summed E-state index contributed by atoms with van der Waals surface area (Å²) in [5, 5.41) is 3.11. The Kier molecular flexibility index (Phi) is 5.50. The molecule has 0 atom stereocenters. The molecular weight excluding hydrogens is 209 g/mol. The normalized spacial score (nSPS) is 10.1. The number of rotatable bonds is 6. The van der Waals surface area contributed by atoms with Crippen LogP contribution in [0.15, 0.2) is 24.3 Å². The highest BCUT2D eigenvalue weighted by molar-refractivity contribution is 5.89. The third-order valence-electron chi connectivity index (χ3n) is 2.02. The monoisotopic (exact) mass is 225 g/mol. The van der Waals surface area contributed by atoms with Crippen molar-refractivity contribution in [1.82, 2.24) is 5.32 Å². The molecule has 0 heterocycles. The van der Waals surface area contributed by atoms with Gasteiger partial charge in [-0.3, -0.25) is 0 Å². The first-order chi connectivity index (χ1) is 7.74. The number of ether oxygens (including phenoxy) is 1. The molecule has 1 aromatic carbocycles. The van der Waals surface area contributed by atoms with Crippen molar-refractivity contribution in [1.29, 1.82) is 0 Å². The first-order valence-electron chi connectivity index (χ1n) is 5.37. The Balaban J connectivity index is 2.27. The Hall–Kier alpha value is -1.42. The van der Waals surface area contributed by atoms with E-state index in [-0.39, 0.29) is 5.82 Å². The fourth-order valence-corrected chi connectivity index (χ4v) is 1.19. The van der Waals surface area contributed by atoms with Crippen molar-refractivity contribution >= 4 is 5.97 Å². The zero-order valence-corrected chi connectivity index (χ0v) is 9.33. The summed E-state index contributed by atoms with van der Waals surface area (Å²) in [6.45, 7) is 3.95. The van der Waals surface area contributed by atoms with Crippen molar-refractivity contribution in [3.05, 3.63) is 35.6 Å². The van der Waals surface area contributed by atoms with Gasteiger partial charge < -0.3 is 10.1 Å². The smallest absolute Gasteiger partial charge is 0.338 e. The molecule has 0 fully saturated rings. The Labute approximate surface area is 94.6 Å². The van der Waals surface area contributed by atoms with Gasteiger partial charge in [-0.25, -0.2) is 9.18 Å². The second-order valence-electron chi connectivity index (χ2n) is 3.39. The van der Waals surface area contributed by atoms with E-state index in [9.17, 15) is 9.18 Å². The molecule has 0 saturated carbocycles. The van der Waals surface area contributed by atoms with Crippen LogP contribution in [0.1, 0.15) is 23.7 Å². The van der Waals surface area contributed by atoms with Gasteiger partial charge in [-0.2, -0.15) is 0 Å². The number of carbonyl (C=O) groups excluding carboxylic acids is 1. The number of hydrogen-bond donors (Lipinski definition) is 1. The molecule has 0 radical (unpaired) electrons. The standard InChI is InChI=1S/C12H16FNO2/c1-2-7-14-8-9-16-12(15)10-3-5-11(13)6-4-10/h3-6,14H,2,7-9H2,1H3. The van der Waals surface area contributed by atoms with Crippen LogP contribution >= 0.6 is 0 Å². The Morgan fingerprint density at radius 1 is 1.31 bits per heavy atom. The minimum Gasteiger partial charge on any atom is -0.461 e. The summed E-state index contributed by atoms with van der Waals surface area (Å²) in [6.07, 6.45) is 1.05. The molecule has 0 unspecified atom stereocenters. The molecule has 0 bridgehead atoms. The number of hydrogen-bond acceptors (Lipinski definition) is 3. The average molecular weight is 225 g/mol. The van der Waals surface area contributed by atoms with Gasteiger partial charge in [-0.15, -0.1) is 0 Å². The van der Waals surface area contributed by atoms with Crippen molar-refractivity contribution in [2.24, 2.45) is 0 Å². The molecule has 16 heavy (non-hydrogen) atoms. The summed E-state index contributed by atoms with van der Waals surface area (Å²) in [5.41, 5.74) is 0.372. The Bertz CT molecular complexity index is 324. The Morgan fingerprint density at radius 3 is 2.62 bits per heavy atom. The summed E-state index contributed by atoms with van der Waals surface area (Å²) in [6, 6.07) is 5.31. The predicted octanol–water partition coefficient (Wildman–Crippen LogP) is 1.98. The lowest BCUT2D eigenvalue weighted by Gasteiger charge is -2.05. The van der Waals surface area contributed by atoms with Gasteiger partial charge in [0.25, 0.3) is 0 Å². The molecule has 0 aliphatic heterocycles. The zero-order valence-electron chi connectivity index (χ0n) is 9.33. The Morgan fingerprint density at radius 2 is 2.00 bits per heavy atom. The van der Waals surface area contributed by atoms with E-state index < -0.39 is 5.97 Å². The molecule has 0 aromatic heterocycles. The van der Waals surface area contributed by atoms with Gasteiger partial charge in [0, 0.05) is 6.54 Å². The number of halogens is 1. The second kappa shape index (κ2) is 6.95. The van der Waals surface area contributed by atoms with E-state index in [1.807, 2.05) is 0 Å². The van der Waals surface area contributed by atoms with Gasteiger partial charge in [-0.1, -0.05) is 6.92 Å². The van der Waals surface area contributed by atoms with Gasteiger partial charge in [0.15, 0.2) is 0 Å². The molecule has 0 saturated heterocycles. The van der Waals surface area contributed by atoms with Crippen molar-refractivity contribution in [2.45, 2.75) is 13.3 Å². The highest BCUT2D eigenvalue weighted by Crippen LogP contribution is 2.04. The van der Waals surface area contributed by atoms with Gasteiger partial charge in [-0.05, 0) is 37.2 Å². The predicted molar refractivity (Wildman–Crippen MR) is 59.8 cm³/mol. The second-order valence-corrected chi connectivity index (χ2v) is 3.39. The SMILES string of the molecule is CCCNCCOC(=O)c1ccc(F)cc1. The van der Waals surface area contributed by atoms with Crippen LogP contribution in [0.2, 0.25) is 0 Å². The van der Waals surface area contributed by atoms with Gasteiger partial charge in [0.05, 0.1) is 5.56 Å². The van der Waals surface area contributed by atoms with Crippen LogP contribution in [0, 0.1) is 5.82 Å². The average Bonchev–Trinajstić information content (AvgIpc) is 2.29. The maximum Gasteiger partial charge on any atom is 0.338 e. The fourth-order valence-electron chi connectivity index (χ4n) is 1.19. The molecule has 0 aliphatic rings. The molecule has 0 amide bonds. The summed E-state index contributed by atoms with van der Waals surface area (Å²) < 4.78 is 17.6. The summed E-state index contributed by atoms with van der Waals surface area (Å²) in [5.74, 6) is -0.778. The van der Waals surface area contributed by atoms with E-state index in [4.69, 9.17) is 4.74 Å². The molecule has 0 aliphatic carbocycles. The molecule has 88 valence electrons. The van der Waals surface area contributed by atoms with Crippen LogP contribution in [0.25, 0.3) is 0 Å². The molecule has 1 rings (SSSR count). The number of carbonyl (C=O) groups is 1. The third-order valence-corrected chi connectivity index (χ3v) is 2.02. The first kappa shape index (κ1) is 12.6. The lowest BCUT2D eigenvalue weighted by atomic mass is 10.2. The molecular formula is C12H16FNO2. The zero-order chi connectivity index (χ0) is 11.8. The van der Waals surface area contributed by atoms with Crippen molar-refractivity contribution < 1.29 is 13.9 Å². The van der Waals surface area contributed by atoms with Gasteiger partial charge in [0.2, 0.25) is 0 Å². The lowest BCUT2D eigenvalue weighted by Crippen LogP contribution is -2.22. The number of benzene rings is 1. The molecule has 4 heteroatoms. The molecule has 0 spiro atoms. The van der Waals surface area contributed by atoms with E-state index in [2.05, 4.69) is 12.2 Å². The van der Waals surface area contributed by atoms with Crippen molar-refractivity contribution in [3.8, 4) is 0 Å². The van der Waals surface area contributed by atoms with E-state index in [0.29, 0.717) is 18.7 Å². The van der Waals surface area contributed by atoms with Crippen LogP contribution < -0.4 is 5.32 Å². The van der Waals surface area contributed by atoms with E-state index in [0.717, 1.165) is 13.0 Å². The molecule has 1 N–H and O–H groups in total. The largest absolute Gasteiger partial charge is 0.461 e. The van der Waals surface area contributed by atoms with E-state index in [1.54, 1.807) is 0 Å². The van der Waals surface area contributed by atoms with E-state index >= 15 is 0 Å². The van der Waals surface area contributed by atoms with Crippen LogP contribution in [0.5, 0.6) is 0 Å². The van der Waals surface area contributed by atoms with E-state index in [1.165, 1.54) is 24.3 Å². The van der Waals surface area contributed by atoms with Crippen LogP contribution in [-0.2, 0) is 4.74 Å². The topological polar surface area (TPSA) is 38.3 Å². The lowest BCUT2D eigenvalue weighted by molar-refractivity contribution is 0.0509. The van der Waals surface area contributed by atoms with Crippen LogP contribution in [0.4, 0.5) is 4.39 Å². The number of nitrogens with one attached hydrogen (secondary N) is 1. The summed E-state index contributed by atoms with van der Waals surface area (Å²) in [4.78, 5) is 11.4. The summed E-state index contributed by atoms with van der Waals surface area (Å²) in [7, 11) is 0. The van der Waals surface area contributed by atoms with Crippen LogP contribution in [-0.4, -0.2) is 25.7 Å². The van der Waals surface area contributed by atoms with Crippen molar-refractivity contribution in [3.63, 3.8) is 0 Å². The highest BCUT2D eigenvalue weighted by atomic mass is 19.1. The maximum atomic E-state index is 12.6. The quantitative estimate of drug-likeness (QED) is 0.594. The third kappa shape index (κ3) is 4.40. The molecule has 1 aromatic rings. The fraction of sp³-hybridized carbons (Fsp3) is 0.417. The minimum absolute atomic E-state index is 0.330. The molecule has 3 nitrogen and oxygen atoms in total. The van der Waals surface area contributed by atoms with Crippen molar-refractivity contribution in [2.75, 3.05) is 19.7 Å². The van der Waals surface area contributed by atoms with Crippen LogP contribution in [0.3, 0.4) is 0 Å². The summed E-state index contributed by atoms with van der Waals surface area (Å²) >= 11 is 0. The van der Waals surface area contributed by atoms with Gasteiger partial charge in [0.1, 0.15) is 12.4 Å².